The predicted octanol–water partition coefficient (Wildman–Crippen LogP) is 1.74. The normalized spacial score (nSPS) is 10.2. The van der Waals surface area contributed by atoms with Gasteiger partial charge in [0.05, 0.1) is 12.3 Å². The number of carboxylic acids is 1. The van der Waals surface area contributed by atoms with Crippen LogP contribution in [0.15, 0.2) is 10.7 Å². The van der Waals surface area contributed by atoms with E-state index >= 15 is 0 Å². The molecule has 0 aliphatic rings. The molecule has 0 amide bonds. The Kier molecular flexibility index (Phi) is 4.63. The van der Waals surface area contributed by atoms with Gasteiger partial charge in [0.15, 0.2) is 11.5 Å². The summed E-state index contributed by atoms with van der Waals surface area (Å²) >= 11 is 2.83. The Bertz CT molecular complexity index is 401. The van der Waals surface area contributed by atoms with Crippen molar-refractivity contribution in [1.82, 2.24) is 4.98 Å². The molecule has 16 heavy (non-hydrogen) atoms. The molecule has 0 fully saturated rings. The number of pyridine rings is 1. The van der Waals surface area contributed by atoms with Gasteiger partial charge in [-0.3, -0.25) is 0 Å². The van der Waals surface area contributed by atoms with E-state index in [1.807, 2.05) is 0 Å². The Morgan fingerprint density at radius 1 is 1.75 bits per heavy atom. The highest BCUT2D eigenvalue weighted by molar-refractivity contribution is 9.10. The van der Waals surface area contributed by atoms with Crippen LogP contribution in [0.4, 0.5) is 10.1 Å². The zero-order chi connectivity index (χ0) is 12.1. The van der Waals surface area contributed by atoms with Crippen molar-refractivity contribution in [2.45, 2.75) is 0 Å². The van der Waals surface area contributed by atoms with Crippen molar-refractivity contribution in [1.29, 1.82) is 0 Å². The van der Waals surface area contributed by atoms with E-state index in [9.17, 15) is 9.18 Å². The van der Waals surface area contributed by atoms with Crippen molar-refractivity contribution in [3.8, 4) is 0 Å². The van der Waals surface area contributed by atoms with Crippen molar-refractivity contribution in [2.75, 3.05) is 25.6 Å². The van der Waals surface area contributed by atoms with E-state index in [0.717, 1.165) is 6.07 Å². The number of aromatic nitrogens is 1. The molecule has 1 aromatic heterocycles. The van der Waals surface area contributed by atoms with Gasteiger partial charge in [0, 0.05) is 19.7 Å². The van der Waals surface area contributed by atoms with Crippen molar-refractivity contribution in [3.05, 3.63) is 22.2 Å². The van der Waals surface area contributed by atoms with Gasteiger partial charge < -0.3 is 15.2 Å². The van der Waals surface area contributed by atoms with E-state index in [4.69, 9.17) is 9.84 Å². The van der Waals surface area contributed by atoms with Crippen LogP contribution in [0.5, 0.6) is 0 Å². The van der Waals surface area contributed by atoms with Crippen LogP contribution < -0.4 is 5.32 Å². The lowest BCUT2D eigenvalue weighted by atomic mass is 10.3. The van der Waals surface area contributed by atoms with Crippen LogP contribution in [0.3, 0.4) is 0 Å². The maximum atomic E-state index is 13.2. The van der Waals surface area contributed by atoms with Crippen LogP contribution in [0.1, 0.15) is 10.5 Å². The molecule has 7 heteroatoms. The molecule has 2 N–H and O–H groups in total. The van der Waals surface area contributed by atoms with Crippen molar-refractivity contribution >= 4 is 27.6 Å². The summed E-state index contributed by atoms with van der Waals surface area (Å²) < 4.78 is 17.8. The van der Waals surface area contributed by atoms with Crippen molar-refractivity contribution in [2.24, 2.45) is 0 Å². The molecule has 88 valence electrons. The van der Waals surface area contributed by atoms with E-state index in [1.54, 1.807) is 0 Å². The quantitative estimate of drug-likeness (QED) is 0.639. The van der Waals surface area contributed by atoms with Crippen molar-refractivity contribution in [3.63, 3.8) is 0 Å². The van der Waals surface area contributed by atoms with Gasteiger partial charge in [-0.05, 0) is 15.9 Å². The molecule has 1 rings (SSSR count). The zero-order valence-electron chi connectivity index (χ0n) is 8.46. The lowest BCUT2D eigenvalue weighted by molar-refractivity contribution is 0.0691. The Labute approximate surface area is 99.8 Å². The number of hydrogen-bond acceptors (Lipinski definition) is 4. The number of ether oxygens (including phenoxy) is 1. The number of hydrogen-bond donors (Lipinski definition) is 2. The molecule has 0 atom stereocenters. The number of aromatic carboxylic acids is 1. The lowest BCUT2D eigenvalue weighted by Crippen LogP contribution is -2.13. The number of carbonyl (C=O) groups is 1. The van der Waals surface area contributed by atoms with Gasteiger partial charge >= 0.3 is 5.97 Å². The summed E-state index contributed by atoms with van der Waals surface area (Å²) in [6.45, 7) is 0.760. The number of anilines is 1. The minimum atomic E-state index is -1.22. The number of rotatable bonds is 5. The van der Waals surface area contributed by atoms with E-state index in [2.05, 4.69) is 26.2 Å². The summed E-state index contributed by atoms with van der Waals surface area (Å²) in [4.78, 5) is 14.4. The number of methoxy groups -OCH3 is 1. The first kappa shape index (κ1) is 12.9. The van der Waals surface area contributed by atoms with E-state index < -0.39 is 11.8 Å². The predicted molar refractivity (Wildman–Crippen MR) is 59.2 cm³/mol. The second kappa shape index (κ2) is 5.76. The number of nitrogens with one attached hydrogen (secondary N) is 1. The molecule has 0 saturated carbocycles. The maximum absolute atomic E-state index is 13.2. The molecule has 0 aromatic carbocycles. The van der Waals surface area contributed by atoms with E-state index in [0.29, 0.717) is 13.2 Å². The fraction of sp³-hybridized carbons (Fsp3) is 0.333. The molecule has 0 unspecified atom stereocenters. The minimum Gasteiger partial charge on any atom is -0.476 e. The molecule has 1 heterocycles. The topological polar surface area (TPSA) is 71.5 Å². The summed E-state index contributed by atoms with van der Waals surface area (Å²) in [6, 6.07) is 1.08. The molecule has 0 radical (unpaired) electrons. The third-order valence-electron chi connectivity index (χ3n) is 1.76. The van der Waals surface area contributed by atoms with Crippen LogP contribution >= 0.6 is 15.9 Å². The Morgan fingerprint density at radius 3 is 3.00 bits per heavy atom. The number of carboxylic acid groups (broad SMARTS) is 1. The highest BCUT2D eigenvalue weighted by atomic mass is 79.9. The van der Waals surface area contributed by atoms with Gasteiger partial charge in [-0.25, -0.2) is 14.2 Å². The smallest absolute Gasteiger partial charge is 0.356 e. The zero-order valence-corrected chi connectivity index (χ0v) is 10.0. The SMILES string of the molecule is COCCNc1cc(F)c(Br)nc1C(=O)O. The van der Waals surface area contributed by atoms with Crippen LogP contribution in [0.25, 0.3) is 0 Å². The third kappa shape index (κ3) is 3.14. The van der Waals surface area contributed by atoms with E-state index in [1.165, 1.54) is 7.11 Å². The molecule has 1 aromatic rings. The fourth-order valence-electron chi connectivity index (χ4n) is 1.05. The monoisotopic (exact) mass is 292 g/mol. The average molecular weight is 293 g/mol. The summed E-state index contributed by atoms with van der Waals surface area (Å²) in [5.41, 5.74) is -0.102. The highest BCUT2D eigenvalue weighted by Crippen LogP contribution is 2.20. The first-order valence-corrected chi connectivity index (χ1v) is 5.17. The molecule has 0 bridgehead atoms. The molecule has 0 spiro atoms. The molecular weight excluding hydrogens is 283 g/mol. The minimum absolute atomic E-state index is 0.123. The van der Waals surface area contributed by atoms with E-state index in [-0.39, 0.29) is 16.0 Å². The molecule has 0 aliphatic heterocycles. The van der Waals surface area contributed by atoms with Gasteiger partial charge in [-0.1, -0.05) is 0 Å². The molecular formula is C9H10BrFN2O3. The number of halogens is 2. The van der Waals surface area contributed by atoms with Gasteiger partial charge in [-0.15, -0.1) is 0 Å². The lowest BCUT2D eigenvalue weighted by Gasteiger charge is -2.09. The Hall–Kier alpha value is -1.21. The summed E-state index contributed by atoms with van der Waals surface area (Å²) in [7, 11) is 1.51. The highest BCUT2D eigenvalue weighted by Gasteiger charge is 2.15. The van der Waals surface area contributed by atoms with Gasteiger partial charge in [-0.2, -0.15) is 0 Å². The molecule has 0 aliphatic carbocycles. The van der Waals surface area contributed by atoms with Crippen molar-refractivity contribution < 1.29 is 19.0 Å². The Morgan fingerprint density at radius 2 is 2.44 bits per heavy atom. The third-order valence-corrected chi connectivity index (χ3v) is 2.31. The van der Waals surface area contributed by atoms with Gasteiger partial charge in [0.25, 0.3) is 0 Å². The first-order valence-electron chi connectivity index (χ1n) is 4.38. The van der Waals surface area contributed by atoms with Gasteiger partial charge in [0.1, 0.15) is 4.60 Å². The second-order valence-electron chi connectivity index (χ2n) is 2.88. The molecule has 0 saturated heterocycles. The van der Waals surface area contributed by atoms with Crippen LogP contribution in [0, 0.1) is 5.82 Å². The average Bonchev–Trinajstić information content (AvgIpc) is 2.23. The second-order valence-corrected chi connectivity index (χ2v) is 3.63. The van der Waals surface area contributed by atoms with Crippen LogP contribution in [-0.2, 0) is 4.74 Å². The Balaban J connectivity index is 2.95. The van der Waals surface area contributed by atoms with Gasteiger partial charge in [0.2, 0.25) is 0 Å². The largest absolute Gasteiger partial charge is 0.476 e. The van der Waals surface area contributed by atoms with Crippen LogP contribution in [0.2, 0.25) is 0 Å². The summed E-state index contributed by atoms with van der Waals surface area (Å²) in [5, 5.41) is 11.6. The standard InChI is InChI=1S/C9H10BrFN2O3/c1-16-3-2-12-6-4-5(11)8(10)13-7(6)9(14)15/h4,12H,2-3H2,1H3,(H,14,15). The fourth-order valence-corrected chi connectivity index (χ4v) is 1.34. The number of nitrogens with zero attached hydrogens (tertiary/aromatic N) is 1. The first-order chi connectivity index (χ1) is 7.56. The van der Waals surface area contributed by atoms with Crippen LogP contribution in [-0.4, -0.2) is 36.3 Å². The summed E-state index contributed by atoms with van der Waals surface area (Å²) in [5.74, 6) is -1.84. The summed E-state index contributed by atoms with van der Waals surface area (Å²) in [6.07, 6.45) is 0. The molecule has 5 nitrogen and oxygen atoms in total. The maximum Gasteiger partial charge on any atom is 0.356 e.